The number of rotatable bonds is 8. The summed E-state index contributed by atoms with van der Waals surface area (Å²) < 4.78 is 0. The van der Waals surface area contributed by atoms with Crippen molar-refractivity contribution in [2.24, 2.45) is 23.7 Å². The van der Waals surface area contributed by atoms with Crippen LogP contribution >= 0.6 is 0 Å². The monoisotopic (exact) mass is 493 g/mol. The number of hydrogen-bond donors (Lipinski definition) is 0. The third-order valence-corrected chi connectivity index (χ3v) is 7.95. The number of carbonyl (C=O) groups is 2. The van der Waals surface area contributed by atoms with Crippen LogP contribution < -0.4 is 9.80 Å². The lowest BCUT2D eigenvalue weighted by atomic mass is 9.85. The van der Waals surface area contributed by atoms with Crippen LogP contribution in [0.2, 0.25) is 0 Å². The number of hydrogen-bond acceptors (Lipinski definition) is 5. The normalized spacial score (nSPS) is 23.5. The fourth-order valence-electron chi connectivity index (χ4n) is 6.22. The van der Waals surface area contributed by atoms with Gasteiger partial charge in [0.2, 0.25) is 11.8 Å². The molecule has 6 rings (SSSR count). The van der Waals surface area contributed by atoms with Gasteiger partial charge < -0.3 is 4.90 Å². The van der Waals surface area contributed by atoms with Crippen LogP contribution in [0.5, 0.6) is 0 Å². The largest absolute Gasteiger partial charge is 0.361 e. The van der Waals surface area contributed by atoms with Crippen molar-refractivity contribution in [1.29, 1.82) is 0 Å². The highest BCUT2D eigenvalue weighted by atomic mass is 16.6. The summed E-state index contributed by atoms with van der Waals surface area (Å²) in [6.45, 7) is 1.06. The molecular formula is C30H27N3O4. The predicted molar refractivity (Wildman–Crippen MR) is 141 cm³/mol. The van der Waals surface area contributed by atoms with Gasteiger partial charge in [0, 0.05) is 19.2 Å². The van der Waals surface area contributed by atoms with Gasteiger partial charge >= 0.3 is 0 Å². The van der Waals surface area contributed by atoms with Crippen LogP contribution in [-0.2, 0) is 22.6 Å². The number of allylic oxidation sites excluding steroid dienone is 2. The highest BCUT2D eigenvalue weighted by molar-refractivity contribution is 6.23. The Morgan fingerprint density at radius 2 is 1.43 bits per heavy atom. The van der Waals surface area contributed by atoms with Crippen molar-refractivity contribution in [1.82, 2.24) is 0 Å². The molecule has 2 aliphatic carbocycles. The summed E-state index contributed by atoms with van der Waals surface area (Å²) in [4.78, 5) is 41.6. The lowest BCUT2D eigenvalue weighted by molar-refractivity contribution is -0.384. The summed E-state index contributed by atoms with van der Waals surface area (Å²) in [7, 11) is 0. The molecule has 1 saturated carbocycles. The fraction of sp³-hybridized carbons (Fsp3) is 0.267. The van der Waals surface area contributed by atoms with Crippen molar-refractivity contribution in [3.8, 4) is 0 Å². The summed E-state index contributed by atoms with van der Waals surface area (Å²) >= 11 is 0. The Labute approximate surface area is 215 Å². The molecule has 4 atom stereocenters. The number of benzene rings is 3. The number of amides is 2. The molecular weight excluding hydrogens is 466 g/mol. The van der Waals surface area contributed by atoms with Crippen LogP contribution in [0.15, 0.2) is 91.0 Å². The first-order valence-electron chi connectivity index (χ1n) is 12.7. The minimum atomic E-state index is -0.420. The van der Waals surface area contributed by atoms with E-state index in [4.69, 9.17) is 0 Å². The van der Waals surface area contributed by atoms with Crippen molar-refractivity contribution in [3.05, 3.63) is 112 Å². The highest BCUT2D eigenvalue weighted by Gasteiger charge is 2.59. The summed E-state index contributed by atoms with van der Waals surface area (Å²) in [5.74, 6) is -0.989. The Morgan fingerprint density at radius 1 is 0.838 bits per heavy atom. The number of imide groups is 1. The van der Waals surface area contributed by atoms with Gasteiger partial charge in [-0.3, -0.25) is 19.7 Å². The highest BCUT2D eigenvalue weighted by Crippen LogP contribution is 2.53. The van der Waals surface area contributed by atoms with E-state index in [0.717, 1.165) is 24.0 Å². The van der Waals surface area contributed by atoms with Gasteiger partial charge in [0.05, 0.1) is 22.4 Å². The molecule has 1 heterocycles. The smallest absolute Gasteiger partial charge is 0.294 e. The Morgan fingerprint density at radius 3 is 2.03 bits per heavy atom. The Balaban J connectivity index is 1.33. The maximum atomic E-state index is 13.3. The molecule has 7 nitrogen and oxygen atoms in total. The summed E-state index contributed by atoms with van der Waals surface area (Å²) in [6.07, 6.45) is 5.64. The molecule has 0 aromatic heterocycles. The lowest BCUT2D eigenvalue weighted by Gasteiger charge is -2.26. The Kier molecular flexibility index (Phi) is 5.83. The minimum Gasteiger partial charge on any atom is -0.361 e. The average Bonchev–Trinajstić information content (AvgIpc) is 3.61. The first-order valence-corrected chi connectivity index (χ1v) is 12.7. The summed E-state index contributed by atoms with van der Waals surface area (Å²) in [5, 5.41) is 12.3. The number of nitro groups is 1. The van der Waals surface area contributed by atoms with Gasteiger partial charge in [-0.1, -0.05) is 72.8 Å². The number of carbonyl (C=O) groups excluding carboxylic acids is 2. The molecule has 3 aromatic rings. The Hall–Kier alpha value is -4.26. The van der Waals surface area contributed by atoms with Gasteiger partial charge in [-0.05, 0) is 47.9 Å². The van der Waals surface area contributed by atoms with Crippen molar-refractivity contribution in [3.63, 3.8) is 0 Å². The molecule has 2 bridgehead atoms. The van der Waals surface area contributed by atoms with Crippen molar-refractivity contribution in [2.45, 2.75) is 19.4 Å². The third kappa shape index (κ3) is 4.10. The van der Waals surface area contributed by atoms with Crippen molar-refractivity contribution < 1.29 is 14.5 Å². The average molecular weight is 494 g/mol. The quantitative estimate of drug-likeness (QED) is 0.187. The van der Waals surface area contributed by atoms with E-state index in [0.29, 0.717) is 18.8 Å². The van der Waals surface area contributed by atoms with E-state index in [-0.39, 0.29) is 46.9 Å². The molecule has 1 saturated heterocycles. The van der Waals surface area contributed by atoms with Gasteiger partial charge in [0.1, 0.15) is 5.69 Å². The van der Waals surface area contributed by atoms with Crippen LogP contribution in [0.25, 0.3) is 0 Å². The second kappa shape index (κ2) is 9.32. The second-order valence-corrected chi connectivity index (χ2v) is 10.1. The zero-order valence-electron chi connectivity index (χ0n) is 20.3. The zero-order valence-corrected chi connectivity index (χ0v) is 20.3. The SMILES string of the molecule is O=C1[C@@H]2[C@H](C(=O)N1c1ccc(N(CCc3ccccc3)Cc3ccccc3)c([N+](=O)[O-])c1)[C@H]1C=C[C@H]2C1. The van der Waals surface area contributed by atoms with Gasteiger partial charge in [-0.15, -0.1) is 0 Å². The van der Waals surface area contributed by atoms with E-state index in [1.165, 1.54) is 11.0 Å². The lowest BCUT2D eigenvalue weighted by Crippen LogP contribution is -2.33. The standard InChI is InChI=1S/C30H27N3O4/c34-29-27-22-11-12-23(17-22)28(27)30(35)32(29)24-13-14-25(26(18-24)33(36)37)31(19-21-9-5-2-6-10-21)16-15-20-7-3-1-4-8-20/h1-14,18,22-23,27-28H,15-17,19H2/t22-,23-,27-,28+/m0/s1. The van der Waals surface area contributed by atoms with Crippen molar-refractivity contribution >= 4 is 28.9 Å². The zero-order chi connectivity index (χ0) is 25.5. The van der Waals surface area contributed by atoms with E-state index in [9.17, 15) is 19.7 Å². The molecule has 37 heavy (non-hydrogen) atoms. The minimum absolute atomic E-state index is 0.0880. The van der Waals surface area contributed by atoms with E-state index in [1.54, 1.807) is 12.1 Å². The van der Waals surface area contributed by atoms with Crippen LogP contribution in [0.4, 0.5) is 17.1 Å². The molecule has 0 spiro atoms. The van der Waals surface area contributed by atoms with E-state index < -0.39 is 4.92 Å². The number of nitrogens with zero attached hydrogens (tertiary/aromatic N) is 3. The molecule has 1 aliphatic heterocycles. The number of fused-ring (bicyclic) bond motifs is 5. The maximum Gasteiger partial charge on any atom is 0.294 e. The van der Waals surface area contributed by atoms with Crippen LogP contribution in [-0.4, -0.2) is 23.3 Å². The van der Waals surface area contributed by atoms with Crippen LogP contribution in [0.3, 0.4) is 0 Å². The summed E-state index contributed by atoms with van der Waals surface area (Å²) in [6, 6.07) is 24.6. The Bertz CT molecular complexity index is 1360. The second-order valence-electron chi connectivity index (χ2n) is 10.1. The van der Waals surface area contributed by atoms with Gasteiger partial charge in [-0.2, -0.15) is 0 Å². The van der Waals surface area contributed by atoms with Crippen molar-refractivity contribution in [2.75, 3.05) is 16.3 Å². The number of nitro benzene ring substituents is 1. The van der Waals surface area contributed by atoms with E-state index in [2.05, 4.69) is 0 Å². The first kappa shape index (κ1) is 23.2. The van der Waals surface area contributed by atoms with Gasteiger partial charge in [0.25, 0.3) is 5.69 Å². The molecule has 0 N–H and O–H groups in total. The topological polar surface area (TPSA) is 83.8 Å². The predicted octanol–water partition coefficient (Wildman–Crippen LogP) is 5.16. The van der Waals surface area contributed by atoms with Gasteiger partial charge in [-0.25, -0.2) is 4.90 Å². The first-order chi connectivity index (χ1) is 18.0. The van der Waals surface area contributed by atoms with Crippen LogP contribution in [0.1, 0.15) is 17.5 Å². The van der Waals surface area contributed by atoms with E-state index >= 15 is 0 Å². The van der Waals surface area contributed by atoms with Crippen LogP contribution in [0, 0.1) is 33.8 Å². The molecule has 3 aromatic carbocycles. The molecule has 0 radical (unpaired) electrons. The molecule has 3 aliphatic rings. The molecule has 2 fully saturated rings. The maximum absolute atomic E-state index is 13.3. The van der Waals surface area contributed by atoms with E-state index in [1.807, 2.05) is 77.7 Å². The third-order valence-electron chi connectivity index (χ3n) is 7.95. The molecule has 0 unspecified atom stereocenters. The summed E-state index contributed by atoms with van der Waals surface area (Å²) in [5.41, 5.74) is 2.81. The molecule has 7 heteroatoms. The molecule has 2 amide bonds. The number of anilines is 2. The fourth-order valence-corrected chi connectivity index (χ4v) is 6.22. The van der Waals surface area contributed by atoms with Gasteiger partial charge in [0.15, 0.2) is 0 Å². The molecule has 186 valence electrons.